The third kappa shape index (κ3) is 4.81. The number of sulfonamides is 1. The molecule has 0 radical (unpaired) electrons. The molecule has 0 aromatic heterocycles. The first kappa shape index (κ1) is 24.2. The van der Waals surface area contributed by atoms with Crippen molar-refractivity contribution in [2.75, 3.05) is 37.0 Å². The van der Waals surface area contributed by atoms with Gasteiger partial charge in [-0.15, -0.1) is 0 Å². The Morgan fingerprint density at radius 3 is 2.38 bits per heavy atom. The number of rotatable bonds is 6. The van der Waals surface area contributed by atoms with Crippen molar-refractivity contribution >= 4 is 33.2 Å². The summed E-state index contributed by atoms with van der Waals surface area (Å²) in [5.74, 6) is 0.173. The lowest BCUT2D eigenvalue weighted by atomic mass is 9.97. The molecule has 0 unspecified atom stereocenters. The van der Waals surface area contributed by atoms with E-state index in [1.807, 2.05) is 19.9 Å². The average Bonchev–Trinajstić information content (AvgIpc) is 3.26. The molecule has 0 spiro atoms. The van der Waals surface area contributed by atoms with Crippen molar-refractivity contribution in [3.05, 3.63) is 47.5 Å². The number of carbonyl (C=O) groups is 2. The molecule has 2 saturated heterocycles. The van der Waals surface area contributed by atoms with E-state index >= 15 is 0 Å². The zero-order chi connectivity index (χ0) is 24.5. The van der Waals surface area contributed by atoms with Crippen LogP contribution in [-0.4, -0.2) is 51.3 Å². The highest BCUT2D eigenvalue weighted by atomic mass is 32.2. The molecule has 2 aliphatic heterocycles. The number of piperidine rings is 1. The fraction of sp³-hybridized carbons (Fsp3) is 0.440. The number of hydrogen-bond donors (Lipinski definition) is 1. The summed E-state index contributed by atoms with van der Waals surface area (Å²) >= 11 is 0. The predicted octanol–water partition coefficient (Wildman–Crippen LogP) is 3.48. The number of carbonyl (C=O) groups excluding carboxylic acids is 2. The van der Waals surface area contributed by atoms with Crippen LogP contribution in [0.5, 0.6) is 5.75 Å². The topological polar surface area (TPSA) is 96.0 Å². The molecule has 2 amide bonds. The monoisotopic (exact) mass is 485 g/mol. The van der Waals surface area contributed by atoms with Crippen LogP contribution < -0.4 is 15.0 Å². The first-order valence-corrected chi connectivity index (χ1v) is 13.0. The minimum atomic E-state index is -3.58. The maximum atomic E-state index is 13.0. The smallest absolute Gasteiger partial charge is 0.243 e. The van der Waals surface area contributed by atoms with Gasteiger partial charge in [-0.1, -0.05) is 6.07 Å². The lowest BCUT2D eigenvalue weighted by Gasteiger charge is -2.30. The van der Waals surface area contributed by atoms with E-state index in [1.54, 1.807) is 35.2 Å². The summed E-state index contributed by atoms with van der Waals surface area (Å²) in [6, 6.07) is 10.4. The van der Waals surface area contributed by atoms with Gasteiger partial charge < -0.3 is 15.0 Å². The zero-order valence-corrected chi connectivity index (χ0v) is 20.7. The number of nitrogens with zero attached hydrogens (tertiary/aromatic N) is 2. The van der Waals surface area contributed by atoms with Crippen molar-refractivity contribution in [2.24, 2.45) is 5.92 Å². The number of ether oxygens (including phenoxy) is 1. The van der Waals surface area contributed by atoms with Gasteiger partial charge in [-0.05, 0) is 68.5 Å². The van der Waals surface area contributed by atoms with Gasteiger partial charge in [0.1, 0.15) is 5.75 Å². The number of nitrogens with one attached hydrogen (secondary N) is 1. The van der Waals surface area contributed by atoms with Crippen molar-refractivity contribution < 1.29 is 22.7 Å². The number of amides is 2. The van der Waals surface area contributed by atoms with E-state index in [-0.39, 0.29) is 17.7 Å². The summed E-state index contributed by atoms with van der Waals surface area (Å²) in [6.45, 7) is 5.10. The van der Waals surface area contributed by atoms with E-state index in [4.69, 9.17) is 4.74 Å². The van der Waals surface area contributed by atoms with Crippen LogP contribution in [-0.2, 0) is 19.6 Å². The van der Waals surface area contributed by atoms with Crippen LogP contribution in [0.1, 0.15) is 36.8 Å². The van der Waals surface area contributed by atoms with Crippen molar-refractivity contribution in [3.63, 3.8) is 0 Å². The minimum absolute atomic E-state index is 0.0672. The quantitative estimate of drug-likeness (QED) is 0.676. The van der Waals surface area contributed by atoms with E-state index in [2.05, 4.69) is 5.32 Å². The zero-order valence-electron chi connectivity index (χ0n) is 19.8. The number of benzene rings is 2. The molecule has 0 bridgehead atoms. The fourth-order valence-electron chi connectivity index (χ4n) is 4.51. The number of aryl methyl sites for hydroxylation is 2. The van der Waals surface area contributed by atoms with E-state index in [0.717, 1.165) is 17.5 Å². The van der Waals surface area contributed by atoms with Crippen LogP contribution in [0.2, 0.25) is 0 Å². The Bertz CT molecular complexity index is 1200. The van der Waals surface area contributed by atoms with Crippen LogP contribution in [0.25, 0.3) is 0 Å². The van der Waals surface area contributed by atoms with E-state index in [0.29, 0.717) is 60.9 Å². The molecule has 9 heteroatoms. The normalized spacial score (nSPS) is 17.7. The lowest BCUT2D eigenvalue weighted by Crippen LogP contribution is -2.41. The molecular formula is C25H31N3O5S. The highest BCUT2D eigenvalue weighted by Crippen LogP contribution is 2.34. The Hall–Kier alpha value is -2.91. The first-order valence-electron chi connectivity index (χ1n) is 11.6. The van der Waals surface area contributed by atoms with Crippen LogP contribution in [0.15, 0.2) is 41.3 Å². The van der Waals surface area contributed by atoms with Gasteiger partial charge in [0.25, 0.3) is 0 Å². The summed E-state index contributed by atoms with van der Waals surface area (Å²) in [4.78, 5) is 27.0. The summed E-state index contributed by atoms with van der Waals surface area (Å²) in [5.41, 5.74) is 3.27. The van der Waals surface area contributed by atoms with E-state index in [9.17, 15) is 18.0 Å². The Morgan fingerprint density at radius 2 is 1.76 bits per heavy atom. The number of hydrogen-bond acceptors (Lipinski definition) is 5. The lowest BCUT2D eigenvalue weighted by molar-refractivity contribution is -0.121. The van der Waals surface area contributed by atoms with Gasteiger partial charge in [-0.3, -0.25) is 9.59 Å². The second-order valence-electron chi connectivity index (χ2n) is 8.95. The molecule has 2 aromatic rings. The minimum Gasteiger partial charge on any atom is -0.494 e. The Balaban J connectivity index is 1.39. The molecular weight excluding hydrogens is 454 g/mol. The van der Waals surface area contributed by atoms with Gasteiger partial charge in [-0.25, -0.2) is 8.42 Å². The molecule has 8 nitrogen and oxygen atoms in total. The second kappa shape index (κ2) is 9.76. The summed E-state index contributed by atoms with van der Waals surface area (Å²) < 4.78 is 33.0. The fourth-order valence-corrected chi connectivity index (χ4v) is 6.06. The standard InChI is InChI=1S/C25H31N3O5S/c1-17-6-8-21(15-18(17)2)34(31,32)27-13-10-19(11-14-27)25(30)26-20-7-9-22(23(16-20)33-3)28-12-4-5-24(28)29/h6-9,15-16,19H,4-5,10-14H2,1-3H3,(H,26,30). The Morgan fingerprint density at radius 1 is 1.03 bits per heavy atom. The Kier molecular flexibility index (Phi) is 6.95. The van der Waals surface area contributed by atoms with Gasteiger partial charge in [0, 0.05) is 43.7 Å². The molecule has 0 atom stereocenters. The Labute approximate surface area is 200 Å². The van der Waals surface area contributed by atoms with Gasteiger partial charge in [-0.2, -0.15) is 4.31 Å². The van der Waals surface area contributed by atoms with Crippen LogP contribution in [0, 0.1) is 19.8 Å². The van der Waals surface area contributed by atoms with Gasteiger partial charge in [0.2, 0.25) is 21.8 Å². The third-order valence-electron chi connectivity index (χ3n) is 6.75. The molecule has 4 rings (SSSR count). The molecule has 1 N–H and O–H groups in total. The van der Waals surface area contributed by atoms with E-state index < -0.39 is 10.0 Å². The number of methoxy groups -OCH3 is 1. The molecule has 0 saturated carbocycles. The molecule has 34 heavy (non-hydrogen) atoms. The van der Waals surface area contributed by atoms with Gasteiger partial charge in [0.15, 0.2) is 0 Å². The summed E-state index contributed by atoms with van der Waals surface area (Å²) in [6.07, 6.45) is 2.25. The molecule has 0 aliphatic carbocycles. The maximum absolute atomic E-state index is 13.0. The van der Waals surface area contributed by atoms with Crippen molar-refractivity contribution in [3.8, 4) is 5.75 Å². The third-order valence-corrected chi connectivity index (χ3v) is 8.65. The molecule has 2 heterocycles. The maximum Gasteiger partial charge on any atom is 0.243 e. The van der Waals surface area contributed by atoms with Crippen LogP contribution >= 0.6 is 0 Å². The molecule has 2 aliphatic rings. The SMILES string of the molecule is COc1cc(NC(=O)C2CCN(S(=O)(=O)c3ccc(C)c(C)c3)CC2)ccc1N1CCCC1=O. The first-order chi connectivity index (χ1) is 16.2. The van der Waals surface area contributed by atoms with E-state index in [1.165, 1.54) is 11.4 Å². The van der Waals surface area contributed by atoms with Crippen LogP contribution in [0.4, 0.5) is 11.4 Å². The highest BCUT2D eigenvalue weighted by molar-refractivity contribution is 7.89. The highest BCUT2D eigenvalue weighted by Gasteiger charge is 2.32. The molecule has 2 aromatic carbocycles. The van der Waals surface area contributed by atoms with Crippen LogP contribution in [0.3, 0.4) is 0 Å². The van der Waals surface area contributed by atoms with Gasteiger partial charge >= 0.3 is 0 Å². The number of anilines is 2. The summed E-state index contributed by atoms with van der Waals surface area (Å²) in [7, 11) is -2.04. The van der Waals surface area contributed by atoms with Crippen molar-refractivity contribution in [1.29, 1.82) is 0 Å². The largest absolute Gasteiger partial charge is 0.494 e. The molecule has 182 valence electrons. The molecule has 2 fully saturated rings. The van der Waals surface area contributed by atoms with Crippen molar-refractivity contribution in [1.82, 2.24) is 4.31 Å². The second-order valence-corrected chi connectivity index (χ2v) is 10.9. The van der Waals surface area contributed by atoms with Gasteiger partial charge in [0.05, 0.1) is 17.7 Å². The van der Waals surface area contributed by atoms with Crippen molar-refractivity contribution in [2.45, 2.75) is 44.4 Å². The average molecular weight is 486 g/mol. The predicted molar refractivity (Wildman–Crippen MR) is 131 cm³/mol. The summed E-state index contributed by atoms with van der Waals surface area (Å²) in [5, 5.41) is 2.92.